The van der Waals surface area contributed by atoms with Gasteiger partial charge in [0.15, 0.2) is 11.5 Å². The molecule has 0 saturated carbocycles. The van der Waals surface area contributed by atoms with Crippen molar-refractivity contribution in [3.8, 4) is 23.0 Å². The van der Waals surface area contributed by atoms with Crippen molar-refractivity contribution in [2.75, 3.05) is 35.0 Å². The second kappa shape index (κ2) is 10.7. The second-order valence-corrected chi connectivity index (χ2v) is 7.25. The van der Waals surface area contributed by atoms with E-state index in [0.717, 1.165) is 4.90 Å². The second-order valence-electron chi connectivity index (χ2n) is 7.25. The topological polar surface area (TPSA) is 74.3 Å². The average molecular weight is 455 g/mol. The van der Waals surface area contributed by atoms with Crippen LogP contribution in [0.15, 0.2) is 42.0 Å². The van der Waals surface area contributed by atoms with E-state index in [9.17, 15) is 14.0 Å². The molecule has 0 spiro atoms. The zero-order chi connectivity index (χ0) is 24.0. The molecule has 7 nitrogen and oxygen atoms in total. The van der Waals surface area contributed by atoms with Gasteiger partial charge in [0.25, 0.3) is 11.8 Å². The Morgan fingerprint density at radius 3 is 2.30 bits per heavy atom. The third-order valence-corrected chi connectivity index (χ3v) is 5.25. The molecule has 1 heterocycles. The van der Waals surface area contributed by atoms with E-state index in [1.165, 1.54) is 58.8 Å². The largest absolute Gasteiger partial charge is 0.497 e. The predicted octanol–water partition coefficient (Wildman–Crippen LogP) is 4.11. The minimum atomic E-state index is -0.516. The fourth-order valence-corrected chi connectivity index (χ4v) is 3.57. The maximum atomic E-state index is 14.0. The quantitative estimate of drug-likeness (QED) is 0.585. The fourth-order valence-electron chi connectivity index (χ4n) is 3.57. The monoisotopic (exact) mass is 455 g/mol. The van der Waals surface area contributed by atoms with Gasteiger partial charge >= 0.3 is 0 Å². The normalized spacial score (nSPS) is 15.1. The van der Waals surface area contributed by atoms with Crippen LogP contribution in [0.25, 0.3) is 12.2 Å². The molecule has 3 rings (SSSR count). The van der Waals surface area contributed by atoms with E-state index in [2.05, 4.69) is 0 Å². The number of nitrogens with zero attached hydrogens (tertiary/aromatic N) is 1. The molecular weight excluding hydrogens is 429 g/mol. The fraction of sp³-hybridized carbons (Fsp3) is 0.280. The van der Waals surface area contributed by atoms with Gasteiger partial charge in [-0.1, -0.05) is 0 Å². The molecule has 174 valence electrons. The maximum absolute atomic E-state index is 14.0. The van der Waals surface area contributed by atoms with Crippen molar-refractivity contribution in [1.29, 1.82) is 0 Å². The zero-order valence-electron chi connectivity index (χ0n) is 19.0. The Bertz CT molecular complexity index is 1080. The van der Waals surface area contributed by atoms with E-state index in [1.807, 2.05) is 0 Å². The first-order valence-corrected chi connectivity index (χ1v) is 10.3. The van der Waals surface area contributed by atoms with Crippen LogP contribution in [-0.4, -0.2) is 51.7 Å². The smallest absolute Gasteiger partial charge is 0.256 e. The summed E-state index contributed by atoms with van der Waals surface area (Å²) in [6.07, 6.45) is 5.38. The molecular formula is C25H26FNO6. The highest BCUT2D eigenvalue weighted by molar-refractivity contribution is 6.11. The third kappa shape index (κ3) is 5.34. The van der Waals surface area contributed by atoms with Gasteiger partial charge in [0, 0.05) is 23.8 Å². The Balaban J connectivity index is 1.84. The first-order valence-electron chi connectivity index (χ1n) is 10.3. The van der Waals surface area contributed by atoms with Gasteiger partial charge in [-0.3, -0.25) is 14.5 Å². The zero-order valence-corrected chi connectivity index (χ0v) is 19.0. The molecule has 0 bridgehead atoms. The lowest BCUT2D eigenvalue weighted by Crippen LogP contribution is -2.40. The summed E-state index contributed by atoms with van der Waals surface area (Å²) in [5, 5.41) is 0. The predicted molar refractivity (Wildman–Crippen MR) is 122 cm³/mol. The number of hydrogen-bond acceptors (Lipinski definition) is 6. The highest BCUT2D eigenvalue weighted by atomic mass is 19.1. The molecule has 2 aromatic carbocycles. The van der Waals surface area contributed by atoms with Gasteiger partial charge in [0.05, 0.1) is 28.4 Å². The summed E-state index contributed by atoms with van der Waals surface area (Å²) in [6.45, 7) is 0.287. The van der Waals surface area contributed by atoms with Gasteiger partial charge in [-0.2, -0.15) is 0 Å². The lowest BCUT2D eigenvalue weighted by atomic mass is 10.00. The Morgan fingerprint density at radius 1 is 1.00 bits per heavy atom. The number of imide groups is 1. The number of benzene rings is 2. The van der Waals surface area contributed by atoms with Gasteiger partial charge in [0.1, 0.15) is 11.6 Å². The molecule has 2 aromatic rings. The average Bonchev–Trinajstić information content (AvgIpc) is 2.83. The molecule has 33 heavy (non-hydrogen) atoms. The van der Waals surface area contributed by atoms with Crippen LogP contribution in [0.5, 0.6) is 23.0 Å². The van der Waals surface area contributed by atoms with Gasteiger partial charge in [0.2, 0.25) is 5.75 Å². The Morgan fingerprint density at radius 2 is 1.70 bits per heavy atom. The third-order valence-electron chi connectivity index (χ3n) is 5.25. The Hall–Kier alpha value is -3.81. The van der Waals surface area contributed by atoms with Crippen LogP contribution in [0.2, 0.25) is 0 Å². The minimum Gasteiger partial charge on any atom is -0.497 e. The molecule has 0 radical (unpaired) electrons. The van der Waals surface area contributed by atoms with E-state index in [-0.39, 0.29) is 12.1 Å². The number of methoxy groups -OCH3 is 4. The van der Waals surface area contributed by atoms with Crippen molar-refractivity contribution in [2.24, 2.45) is 0 Å². The first-order chi connectivity index (χ1) is 15.9. The number of ether oxygens (including phenoxy) is 4. The number of carbonyl (C=O) groups excluding carboxylic acids is 2. The van der Waals surface area contributed by atoms with E-state index < -0.39 is 17.6 Å². The van der Waals surface area contributed by atoms with Crippen molar-refractivity contribution in [3.63, 3.8) is 0 Å². The number of hydrogen-bond donors (Lipinski definition) is 0. The lowest BCUT2D eigenvalue weighted by molar-refractivity contribution is -0.140. The van der Waals surface area contributed by atoms with Crippen LogP contribution in [0.1, 0.15) is 24.0 Å². The molecule has 1 saturated heterocycles. The SMILES string of the molecule is COc1ccc(F)c(/C=C/C(=O)N2CCC/C(=C\c3cc(OC)c(OC)c(OC)c3)C2=O)c1. The molecule has 1 fully saturated rings. The van der Waals surface area contributed by atoms with Crippen molar-refractivity contribution in [2.45, 2.75) is 12.8 Å². The van der Waals surface area contributed by atoms with Crippen LogP contribution in [0, 0.1) is 5.82 Å². The summed E-state index contributed by atoms with van der Waals surface area (Å²) in [5.41, 5.74) is 1.35. The number of piperidine rings is 1. The summed E-state index contributed by atoms with van der Waals surface area (Å²) in [4.78, 5) is 26.9. The molecule has 0 atom stereocenters. The number of rotatable bonds is 7. The molecule has 0 unspecified atom stereocenters. The van der Waals surface area contributed by atoms with E-state index in [4.69, 9.17) is 18.9 Å². The number of likely N-dealkylation sites (tertiary alicyclic amines) is 1. The van der Waals surface area contributed by atoms with Gasteiger partial charge in [-0.25, -0.2) is 4.39 Å². The Kier molecular flexibility index (Phi) is 7.71. The number of halogens is 1. The van der Waals surface area contributed by atoms with Crippen molar-refractivity contribution >= 4 is 24.0 Å². The Labute approximate surface area is 192 Å². The van der Waals surface area contributed by atoms with E-state index in [1.54, 1.807) is 18.2 Å². The summed E-state index contributed by atoms with van der Waals surface area (Å²) in [6, 6.07) is 7.69. The molecule has 1 aliphatic rings. The van der Waals surface area contributed by atoms with Crippen molar-refractivity contribution in [3.05, 3.63) is 58.9 Å². The van der Waals surface area contributed by atoms with Gasteiger partial charge in [-0.15, -0.1) is 0 Å². The molecule has 0 aromatic heterocycles. The van der Waals surface area contributed by atoms with Crippen LogP contribution in [0.3, 0.4) is 0 Å². The number of amides is 2. The van der Waals surface area contributed by atoms with Crippen molar-refractivity contribution < 1.29 is 32.9 Å². The van der Waals surface area contributed by atoms with Gasteiger partial charge in [-0.05, 0) is 60.9 Å². The maximum Gasteiger partial charge on any atom is 0.256 e. The standard InChI is InChI=1S/C25H26FNO6/c1-30-19-8-9-20(26)17(15-19)7-10-23(28)27-11-5-6-18(25(27)29)12-16-13-21(31-2)24(33-4)22(14-16)32-3/h7-10,12-15H,5-6,11H2,1-4H3/b10-7+,18-12+. The summed E-state index contributed by atoms with van der Waals surface area (Å²) in [7, 11) is 6.01. The molecule has 0 aliphatic carbocycles. The molecule has 8 heteroatoms. The number of carbonyl (C=O) groups is 2. The highest BCUT2D eigenvalue weighted by Crippen LogP contribution is 2.39. The lowest BCUT2D eigenvalue weighted by Gasteiger charge is -2.26. The summed E-state index contributed by atoms with van der Waals surface area (Å²) < 4.78 is 35.2. The molecule has 1 aliphatic heterocycles. The van der Waals surface area contributed by atoms with E-state index in [0.29, 0.717) is 47.0 Å². The molecule has 2 amide bonds. The first kappa shape index (κ1) is 23.8. The van der Waals surface area contributed by atoms with Crippen LogP contribution in [0.4, 0.5) is 4.39 Å². The highest BCUT2D eigenvalue weighted by Gasteiger charge is 2.27. The minimum absolute atomic E-state index is 0.195. The van der Waals surface area contributed by atoms with Crippen LogP contribution in [-0.2, 0) is 9.59 Å². The van der Waals surface area contributed by atoms with Crippen LogP contribution >= 0.6 is 0 Å². The van der Waals surface area contributed by atoms with E-state index >= 15 is 0 Å². The summed E-state index contributed by atoms with van der Waals surface area (Å²) in [5.74, 6) is 0.435. The molecule has 0 N–H and O–H groups in total. The van der Waals surface area contributed by atoms with Gasteiger partial charge < -0.3 is 18.9 Å². The van der Waals surface area contributed by atoms with Crippen LogP contribution < -0.4 is 18.9 Å². The van der Waals surface area contributed by atoms with Crippen molar-refractivity contribution in [1.82, 2.24) is 4.90 Å². The summed E-state index contributed by atoms with van der Waals surface area (Å²) >= 11 is 0.